The Morgan fingerprint density at radius 1 is 1.20 bits per heavy atom. The number of nitrogens with zero attached hydrogens (tertiary/aromatic N) is 3. The summed E-state index contributed by atoms with van der Waals surface area (Å²) in [5.41, 5.74) is 2.33. The molecule has 3 aromatic rings. The average molecular weight is 286 g/mol. The van der Waals surface area contributed by atoms with Crippen LogP contribution in [0.3, 0.4) is 0 Å². The van der Waals surface area contributed by atoms with E-state index in [1.807, 2.05) is 25.1 Å². The first-order valence-corrected chi connectivity index (χ1v) is 6.41. The standard InChI is InChI=1S/C14H11FN4S/c1-9-6-11(15)8-12(7-9)19-13(17-18-14(19)20)10-2-4-16-5-3-10/h2-8H,1H3,(H,18,20). The minimum Gasteiger partial charge on any atom is -0.268 e. The molecule has 0 amide bonds. The van der Waals surface area contributed by atoms with Crippen molar-refractivity contribution in [3.63, 3.8) is 0 Å². The highest BCUT2D eigenvalue weighted by Crippen LogP contribution is 2.22. The van der Waals surface area contributed by atoms with Crippen molar-refractivity contribution < 1.29 is 4.39 Å². The molecule has 1 N–H and O–H groups in total. The van der Waals surface area contributed by atoms with Gasteiger partial charge >= 0.3 is 0 Å². The van der Waals surface area contributed by atoms with Crippen LogP contribution >= 0.6 is 12.2 Å². The molecule has 0 aliphatic heterocycles. The molecule has 0 aliphatic carbocycles. The first-order chi connectivity index (χ1) is 9.65. The van der Waals surface area contributed by atoms with Gasteiger partial charge in [0.2, 0.25) is 0 Å². The third-order valence-electron chi connectivity index (χ3n) is 2.90. The van der Waals surface area contributed by atoms with Crippen LogP contribution in [-0.4, -0.2) is 19.7 Å². The number of halogens is 1. The molecule has 4 nitrogen and oxygen atoms in total. The highest BCUT2D eigenvalue weighted by Gasteiger charge is 2.11. The minimum atomic E-state index is -0.302. The van der Waals surface area contributed by atoms with E-state index in [0.29, 0.717) is 16.3 Å². The normalized spacial score (nSPS) is 10.7. The van der Waals surface area contributed by atoms with Gasteiger partial charge in [-0.15, -0.1) is 0 Å². The van der Waals surface area contributed by atoms with E-state index in [9.17, 15) is 4.39 Å². The number of hydrogen-bond donors (Lipinski definition) is 1. The SMILES string of the molecule is Cc1cc(F)cc(-n2c(-c3ccncc3)n[nH]c2=S)c1. The number of benzene rings is 1. The molecule has 0 atom stereocenters. The van der Waals surface area contributed by atoms with E-state index in [4.69, 9.17) is 12.2 Å². The van der Waals surface area contributed by atoms with Gasteiger partial charge in [0.05, 0.1) is 5.69 Å². The Morgan fingerprint density at radius 3 is 2.65 bits per heavy atom. The van der Waals surface area contributed by atoms with Crippen LogP contribution in [0.5, 0.6) is 0 Å². The number of pyridine rings is 1. The van der Waals surface area contributed by atoms with Crippen LogP contribution in [0.25, 0.3) is 17.1 Å². The topological polar surface area (TPSA) is 46.5 Å². The fraction of sp³-hybridized carbons (Fsp3) is 0.0714. The number of hydrogen-bond acceptors (Lipinski definition) is 3. The van der Waals surface area contributed by atoms with Crippen molar-refractivity contribution in [2.75, 3.05) is 0 Å². The minimum absolute atomic E-state index is 0.302. The smallest absolute Gasteiger partial charge is 0.200 e. The molecule has 2 aromatic heterocycles. The molecule has 3 rings (SSSR count). The zero-order chi connectivity index (χ0) is 14.1. The summed E-state index contributed by atoms with van der Waals surface area (Å²) in [6.07, 6.45) is 3.35. The van der Waals surface area contributed by atoms with Gasteiger partial charge in [0, 0.05) is 18.0 Å². The predicted molar refractivity (Wildman–Crippen MR) is 76.7 cm³/mol. The third kappa shape index (κ3) is 2.25. The Hall–Kier alpha value is -2.34. The summed E-state index contributed by atoms with van der Waals surface area (Å²) in [5.74, 6) is 0.325. The number of aryl methyl sites for hydroxylation is 1. The van der Waals surface area contributed by atoms with E-state index in [-0.39, 0.29) is 5.82 Å². The molecule has 2 heterocycles. The summed E-state index contributed by atoms with van der Waals surface area (Å²) in [6.45, 7) is 1.84. The Bertz CT molecular complexity index is 787. The molecule has 0 saturated heterocycles. The zero-order valence-corrected chi connectivity index (χ0v) is 11.5. The predicted octanol–water partition coefficient (Wildman–Crippen LogP) is 3.44. The van der Waals surface area contributed by atoms with Gasteiger partial charge in [0.15, 0.2) is 10.6 Å². The maximum atomic E-state index is 13.6. The summed E-state index contributed by atoms with van der Waals surface area (Å²) >= 11 is 5.25. The van der Waals surface area contributed by atoms with Crippen LogP contribution in [0, 0.1) is 17.5 Å². The monoisotopic (exact) mass is 286 g/mol. The molecule has 6 heteroatoms. The molecule has 0 bridgehead atoms. The van der Waals surface area contributed by atoms with Gasteiger partial charge in [-0.3, -0.25) is 14.6 Å². The van der Waals surface area contributed by atoms with E-state index in [2.05, 4.69) is 15.2 Å². The average Bonchev–Trinajstić information content (AvgIpc) is 2.80. The lowest BCUT2D eigenvalue weighted by Gasteiger charge is -2.08. The van der Waals surface area contributed by atoms with Crippen molar-refractivity contribution in [1.29, 1.82) is 0 Å². The van der Waals surface area contributed by atoms with Gasteiger partial charge in [-0.1, -0.05) is 0 Å². The summed E-state index contributed by atoms with van der Waals surface area (Å²) in [6, 6.07) is 8.42. The fourth-order valence-electron chi connectivity index (χ4n) is 2.08. The van der Waals surface area contributed by atoms with Crippen LogP contribution in [0.2, 0.25) is 0 Å². The van der Waals surface area contributed by atoms with Crippen LogP contribution in [-0.2, 0) is 0 Å². The lowest BCUT2D eigenvalue weighted by atomic mass is 10.2. The van der Waals surface area contributed by atoms with Gasteiger partial charge in [-0.05, 0) is 55.0 Å². The van der Waals surface area contributed by atoms with Crippen LogP contribution in [0.4, 0.5) is 4.39 Å². The maximum Gasteiger partial charge on any atom is 0.200 e. The quantitative estimate of drug-likeness (QED) is 0.734. The van der Waals surface area contributed by atoms with Gasteiger partial charge < -0.3 is 0 Å². The first-order valence-electron chi connectivity index (χ1n) is 6.00. The molecule has 20 heavy (non-hydrogen) atoms. The van der Waals surface area contributed by atoms with E-state index in [1.165, 1.54) is 12.1 Å². The van der Waals surface area contributed by atoms with Gasteiger partial charge in [0.25, 0.3) is 0 Å². The molecule has 0 radical (unpaired) electrons. The summed E-state index contributed by atoms with van der Waals surface area (Å²) < 4.78 is 15.7. The van der Waals surface area contributed by atoms with E-state index >= 15 is 0 Å². The van der Waals surface area contributed by atoms with Crippen molar-refractivity contribution in [2.45, 2.75) is 6.92 Å². The second kappa shape index (κ2) is 4.97. The molecule has 0 unspecified atom stereocenters. The summed E-state index contributed by atoms with van der Waals surface area (Å²) in [5, 5.41) is 6.96. The highest BCUT2D eigenvalue weighted by molar-refractivity contribution is 7.71. The summed E-state index contributed by atoms with van der Waals surface area (Å²) in [7, 11) is 0. The number of aromatic nitrogens is 4. The highest BCUT2D eigenvalue weighted by atomic mass is 32.1. The van der Waals surface area contributed by atoms with E-state index in [0.717, 1.165) is 11.1 Å². The number of rotatable bonds is 2. The van der Waals surface area contributed by atoms with Crippen LogP contribution in [0.15, 0.2) is 42.7 Å². The second-order valence-corrected chi connectivity index (χ2v) is 4.80. The number of nitrogens with one attached hydrogen (secondary N) is 1. The van der Waals surface area contributed by atoms with Crippen molar-refractivity contribution in [3.8, 4) is 17.1 Å². The van der Waals surface area contributed by atoms with Crippen molar-refractivity contribution in [2.24, 2.45) is 0 Å². The molecule has 100 valence electrons. The molecule has 0 aliphatic rings. The largest absolute Gasteiger partial charge is 0.268 e. The number of H-pyrrole nitrogens is 1. The van der Waals surface area contributed by atoms with Crippen molar-refractivity contribution in [3.05, 3.63) is 58.9 Å². The van der Waals surface area contributed by atoms with Crippen molar-refractivity contribution >= 4 is 12.2 Å². The van der Waals surface area contributed by atoms with Crippen LogP contribution in [0.1, 0.15) is 5.56 Å². The van der Waals surface area contributed by atoms with Gasteiger partial charge in [0.1, 0.15) is 5.82 Å². The van der Waals surface area contributed by atoms with E-state index < -0.39 is 0 Å². The first kappa shape index (κ1) is 12.7. The Balaban J connectivity index is 2.24. The lowest BCUT2D eigenvalue weighted by Crippen LogP contribution is -1.99. The molecular weight excluding hydrogens is 275 g/mol. The molecule has 0 spiro atoms. The second-order valence-electron chi connectivity index (χ2n) is 4.41. The summed E-state index contributed by atoms with van der Waals surface area (Å²) in [4.78, 5) is 3.98. The van der Waals surface area contributed by atoms with Crippen LogP contribution < -0.4 is 0 Å². The Morgan fingerprint density at radius 2 is 1.95 bits per heavy atom. The Labute approximate surface area is 119 Å². The van der Waals surface area contributed by atoms with Gasteiger partial charge in [-0.2, -0.15) is 5.10 Å². The molecular formula is C14H11FN4S. The van der Waals surface area contributed by atoms with Gasteiger partial charge in [-0.25, -0.2) is 4.39 Å². The fourth-order valence-corrected chi connectivity index (χ4v) is 2.31. The van der Waals surface area contributed by atoms with Crippen molar-refractivity contribution in [1.82, 2.24) is 19.7 Å². The molecule has 0 fully saturated rings. The molecule has 1 aromatic carbocycles. The lowest BCUT2D eigenvalue weighted by molar-refractivity contribution is 0.625. The number of aromatic amines is 1. The van der Waals surface area contributed by atoms with E-state index in [1.54, 1.807) is 17.0 Å². The Kier molecular flexibility index (Phi) is 3.15. The zero-order valence-electron chi connectivity index (χ0n) is 10.7. The maximum absolute atomic E-state index is 13.6. The molecule has 0 saturated carbocycles. The third-order valence-corrected chi connectivity index (χ3v) is 3.17.